The zero-order chi connectivity index (χ0) is 19.3. The molecule has 140 valence electrons. The Morgan fingerprint density at radius 2 is 1.58 bits per heavy atom. The lowest BCUT2D eigenvalue weighted by molar-refractivity contribution is -0.128. The van der Waals surface area contributed by atoms with Crippen molar-refractivity contribution in [1.29, 1.82) is 0 Å². The zero-order valence-electron chi connectivity index (χ0n) is 16.2. The summed E-state index contributed by atoms with van der Waals surface area (Å²) < 4.78 is 14.9. The first kappa shape index (κ1) is 20.2. The van der Waals surface area contributed by atoms with E-state index in [0.29, 0.717) is 11.4 Å². The molecule has 0 aliphatic carbocycles. The maximum absolute atomic E-state index is 13.2. The Hall–Kier alpha value is -2.14. The Balaban J connectivity index is 2.32. The molecule has 4 nitrogen and oxygen atoms in total. The summed E-state index contributed by atoms with van der Waals surface area (Å²) in [5.74, 6) is -0.0592. The van der Waals surface area contributed by atoms with Crippen LogP contribution in [-0.4, -0.2) is 35.2 Å². The van der Waals surface area contributed by atoms with Gasteiger partial charge in [0.15, 0.2) is 11.0 Å². The monoisotopic (exact) mass is 372 g/mol. The van der Waals surface area contributed by atoms with Crippen LogP contribution in [0.1, 0.15) is 33.3 Å². The Morgan fingerprint density at radius 3 is 2.08 bits per heavy atom. The number of benzene rings is 2. The van der Waals surface area contributed by atoms with Crippen molar-refractivity contribution in [2.45, 2.75) is 38.0 Å². The third kappa shape index (κ3) is 4.94. The highest BCUT2D eigenvalue weighted by Crippen LogP contribution is 2.25. The molecule has 2 rings (SSSR count). The van der Waals surface area contributed by atoms with E-state index in [4.69, 9.17) is 0 Å². The molecule has 0 bridgehead atoms. The summed E-state index contributed by atoms with van der Waals surface area (Å²) in [6.07, 6.45) is 0. The molecule has 0 saturated carbocycles. The number of carbonyl (C=O) groups excluding carboxylic acids is 1. The molecule has 0 saturated heterocycles. The van der Waals surface area contributed by atoms with Gasteiger partial charge in [-0.05, 0) is 42.2 Å². The summed E-state index contributed by atoms with van der Waals surface area (Å²) in [5.41, 5.74) is 1.99. The maximum Gasteiger partial charge on any atom is 0.243 e. The Morgan fingerprint density at radius 1 is 1.00 bits per heavy atom. The summed E-state index contributed by atoms with van der Waals surface area (Å²) >= 11 is 0. The summed E-state index contributed by atoms with van der Waals surface area (Å²) in [5, 5.41) is 0. The van der Waals surface area contributed by atoms with E-state index >= 15 is 0 Å². The Labute approximate surface area is 159 Å². The minimum Gasteiger partial charge on any atom is -0.344 e. The number of carbonyl (C=O) groups is 1. The second-order valence-electron chi connectivity index (χ2n) is 7.30. The van der Waals surface area contributed by atoms with Crippen LogP contribution in [0, 0.1) is 0 Å². The second-order valence-corrected chi connectivity index (χ2v) is 8.71. The Kier molecular flexibility index (Phi) is 6.59. The largest absolute Gasteiger partial charge is 0.344 e. The molecule has 1 amide bonds. The lowest BCUT2D eigenvalue weighted by Gasteiger charge is -2.26. The predicted molar refractivity (Wildman–Crippen MR) is 109 cm³/mol. The summed E-state index contributed by atoms with van der Waals surface area (Å²) in [4.78, 5) is 14.8. The van der Waals surface area contributed by atoms with Gasteiger partial charge in [0.2, 0.25) is 5.91 Å². The van der Waals surface area contributed by atoms with Crippen LogP contribution in [0.15, 0.2) is 59.5 Å². The molecule has 0 spiro atoms. The van der Waals surface area contributed by atoms with Crippen molar-refractivity contribution in [2.75, 3.05) is 24.4 Å². The number of amides is 1. The van der Waals surface area contributed by atoms with Crippen LogP contribution < -0.4 is 4.31 Å². The molecule has 0 aliphatic rings. The topological polar surface area (TPSA) is 40.6 Å². The van der Waals surface area contributed by atoms with Gasteiger partial charge in [-0.1, -0.05) is 51.1 Å². The number of para-hydroxylation sites is 1. The van der Waals surface area contributed by atoms with Gasteiger partial charge in [-0.15, -0.1) is 0 Å². The average Bonchev–Trinajstić information content (AvgIpc) is 2.64. The molecule has 0 heterocycles. The van der Waals surface area contributed by atoms with Gasteiger partial charge in [0.25, 0.3) is 0 Å². The zero-order valence-corrected chi connectivity index (χ0v) is 17.0. The molecular weight excluding hydrogens is 344 g/mol. The lowest BCUT2D eigenvalue weighted by Crippen LogP contribution is -2.39. The molecule has 0 N–H and O–H groups in total. The van der Waals surface area contributed by atoms with Crippen LogP contribution in [-0.2, 0) is 21.2 Å². The van der Waals surface area contributed by atoms with Crippen LogP contribution in [0.2, 0.25) is 0 Å². The number of likely N-dealkylation sites (N-methyl/N-ethyl adjacent to an activating group) is 1. The first-order chi connectivity index (χ1) is 12.2. The maximum atomic E-state index is 13.2. The number of rotatable bonds is 6. The number of hydrogen-bond acceptors (Lipinski definition) is 2. The SMILES string of the molecule is CCN(C)C(=O)CN(c1ccccc1)S(=O)c1ccc(C(C)(C)C)cc1. The van der Waals surface area contributed by atoms with Crippen LogP contribution in [0.25, 0.3) is 0 Å². The third-order valence-corrected chi connectivity index (χ3v) is 5.76. The van der Waals surface area contributed by atoms with Crippen molar-refractivity contribution in [3.05, 3.63) is 60.2 Å². The number of nitrogens with zero attached hydrogens (tertiary/aromatic N) is 2. The minimum atomic E-state index is -1.46. The van der Waals surface area contributed by atoms with Crippen molar-refractivity contribution in [3.63, 3.8) is 0 Å². The Bertz CT molecular complexity index is 752. The lowest BCUT2D eigenvalue weighted by atomic mass is 9.87. The van der Waals surface area contributed by atoms with Gasteiger partial charge < -0.3 is 4.90 Å². The molecule has 1 atom stereocenters. The fourth-order valence-corrected chi connectivity index (χ4v) is 3.62. The molecule has 2 aromatic carbocycles. The molecule has 5 heteroatoms. The first-order valence-corrected chi connectivity index (χ1v) is 9.93. The van der Waals surface area contributed by atoms with Gasteiger partial charge >= 0.3 is 0 Å². The van der Waals surface area contributed by atoms with Crippen molar-refractivity contribution in [3.8, 4) is 0 Å². The van der Waals surface area contributed by atoms with Crippen LogP contribution in [0.4, 0.5) is 5.69 Å². The summed E-state index contributed by atoms with van der Waals surface area (Å²) in [7, 11) is 0.296. The highest BCUT2D eigenvalue weighted by molar-refractivity contribution is 7.86. The van der Waals surface area contributed by atoms with Crippen LogP contribution >= 0.6 is 0 Å². The fourth-order valence-electron chi connectivity index (χ4n) is 2.46. The van der Waals surface area contributed by atoms with Gasteiger partial charge in [0.05, 0.1) is 10.6 Å². The van der Waals surface area contributed by atoms with Crippen molar-refractivity contribution >= 4 is 22.6 Å². The molecule has 0 radical (unpaired) electrons. The molecule has 0 aromatic heterocycles. The van der Waals surface area contributed by atoms with Gasteiger partial charge in [-0.3, -0.25) is 9.10 Å². The highest BCUT2D eigenvalue weighted by Gasteiger charge is 2.22. The van der Waals surface area contributed by atoms with E-state index in [-0.39, 0.29) is 17.9 Å². The number of anilines is 1. The summed E-state index contributed by atoms with van der Waals surface area (Å²) in [6, 6.07) is 17.2. The van der Waals surface area contributed by atoms with Gasteiger partial charge in [-0.2, -0.15) is 0 Å². The van der Waals surface area contributed by atoms with Crippen molar-refractivity contribution in [1.82, 2.24) is 4.90 Å². The predicted octanol–water partition coefficient (Wildman–Crippen LogP) is 3.99. The van der Waals surface area contributed by atoms with Crippen LogP contribution in [0.3, 0.4) is 0 Å². The van der Waals surface area contributed by atoms with Crippen molar-refractivity contribution < 1.29 is 9.00 Å². The van der Waals surface area contributed by atoms with E-state index in [1.807, 2.05) is 61.5 Å². The standard InChI is InChI=1S/C21H28N2O2S/c1-6-22(5)20(24)16-23(18-10-8-7-9-11-18)26(25)19-14-12-17(13-15-19)21(2,3)4/h7-15H,6,16H2,1-5H3. The van der Waals surface area contributed by atoms with E-state index in [1.165, 1.54) is 5.56 Å². The van der Waals surface area contributed by atoms with E-state index in [0.717, 1.165) is 5.69 Å². The normalized spacial score (nSPS) is 12.5. The van der Waals surface area contributed by atoms with E-state index in [9.17, 15) is 9.00 Å². The first-order valence-electron chi connectivity index (χ1n) is 8.83. The van der Waals surface area contributed by atoms with E-state index in [2.05, 4.69) is 20.8 Å². The molecule has 0 aliphatic heterocycles. The smallest absolute Gasteiger partial charge is 0.243 e. The number of hydrogen-bond donors (Lipinski definition) is 0. The van der Waals surface area contributed by atoms with Gasteiger partial charge in [-0.25, -0.2) is 4.21 Å². The van der Waals surface area contributed by atoms with Gasteiger partial charge in [0, 0.05) is 13.6 Å². The minimum absolute atomic E-state index is 0.0406. The third-order valence-electron chi connectivity index (χ3n) is 4.35. The van der Waals surface area contributed by atoms with Gasteiger partial charge in [0.1, 0.15) is 6.54 Å². The van der Waals surface area contributed by atoms with E-state index in [1.54, 1.807) is 16.3 Å². The molecule has 26 heavy (non-hydrogen) atoms. The molecular formula is C21H28N2O2S. The van der Waals surface area contributed by atoms with Crippen LogP contribution in [0.5, 0.6) is 0 Å². The molecule has 0 fully saturated rings. The molecule has 2 aromatic rings. The summed E-state index contributed by atoms with van der Waals surface area (Å²) in [6.45, 7) is 9.06. The fraction of sp³-hybridized carbons (Fsp3) is 0.381. The van der Waals surface area contributed by atoms with Crippen molar-refractivity contribution in [2.24, 2.45) is 0 Å². The van der Waals surface area contributed by atoms with E-state index < -0.39 is 11.0 Å². The second kappa shape index (κ2) is 8.49. The average molecular weight is 373 g/mol. The highest BCUT2D eigenvalue weighted by atomic mass is 32.2. The molecule has 1 unspecified atom stereocenters. The quantitative estimate of drug-likeness (QED) is 0.769.